The Morgan fingerprint density at radius 1 is 1.14 bits per heavy atom. The molecule has 188 valence electrons. The first-order chi connectivity index (χ1) is 16.7. The Morgan fingerprint density at radius 2 is 1.86 bits per heavy atom. The molecule has 1 atom stereocenters. The molecule has 1 amide bonds. The van der Waals surface area contributed by atoms with Crippen LogP contribution in [0, 0.1) is 12.8 Å². The monoisotopic (exact) mass is 500 g/mol. The van der Waals surface area contributed by atoms with Gasteiger partial charge >= 0.3 is 5.97 Å². The number of nitrogens with zero attached hydrogens (tertiary/aromatic N) is 1. The minimum atomic E-state index is -3.72. The summed E-state index contributed by atoms with van der Waals surface area (Å²) in [6, 6.07) is 12.0. The van der Waals surface area contributed by atoms with E-state index in [1.54, 1.807) is 45.2 Å². The number of amides is 1. The van der Waals surface area contributed by atoms with Gasteiger partial charge in [0.15, 0.2) is 0 Å². The van der Waals surface area contributed by atoms with Crippen molar-refractivity contribution in [3.63, 3.8) is 0 Å². The van der Waals surface area contributed by atoms with Gasteiger partial charge in [0.2, 0.25) is 15.9 Å². The number of hydrogen-bond acceptors (Lipinski definition) is 6. The van der Waals surface area contributed by atoms with E-state index >= 15 is 0 Å². The number of nitrogens with one attached hydrogen (secondary N) is 1. The van der Waals surface area contributed by atoms with E-state index in [-0.39, 0.29) is 23.3 Å². The fraction of sp³-hybridized carbons (Fsp3) is 0.462. The van der Waals surface area contributed by atoms with E-state index in [0.717, 1.165) is 24.0 Å². The van der Waals surface area contributed by atoms with E-state index in [1.807, 2.05) is 12.1 Å². The summed E-state index contributed by atoms with van der Waals surface area (Å²) in [6.07, 6.45) is 2.74. The number of hydrogen-bond donors (Lipinski definition) is 1. The van der Waals surface area contributed by atoms with Crippen LogP contribution in [-0.2, 0) is 29.8 Å². The summed E-state index contributed by atoms with van der Waals surface area (Å²) in [4.78, 5) is 25.5. The maximum atomic E-state index is 13.2. The first kappa shape index (κ1) is 25.2. The third-order valence-electron chi connectivity index (χ3n) is 6.88. The van der Waals surface area contributed by atoms with E-state index in [4.69, 9.17) is 9.47 Å². The second-order valence-corrected chi connectivity index (χ2v) is 11.1. The molecule has 0 radical (unpaired) electrons. The Hall–Kier alpha value is -2.91. The highest BCUT2D eigenvalue weighted by molar-refractivity contribution is 7.89. The normalized spacial score (nSPS) is 19.6. The zero-order valence-electron chi connectivity index (χ0n) is 20.4. The van der Waals surface area contributed by atoms with Crippen LogP contribution >= 0.6 is 0 Å². The molecule has 1 heterocycles. The molecule has 0 bridgehead atoms. The molecule has 2 aliphatic rings. The van der Waals surface area contributed by atoms with Gasteiger partial charge in [-0.2, -0.15) is 4.31 Å². The van der Waals surface area contributed by atoms with Crippen LogP contribution in [0.15, 0.2) is 47.4 Å². The van der Waals surface area contributed by atoms with Crippen molar-refractivity contribution in [2.45, 2.75) is 49.8 Å². The highest BCUT2D eigenvalue weighted by Crippen LogP contribution is 2.49. The van der Waals surface area contributed by atoms with Crippen LogP contribution in [0.25, 0.3) is 0 Å². The number of sulfonamides is 1. The number of carbonyl (C=O) groups excluding carboxylic acids is 2. The lowest BCUT2D eigenvalue weighted by atomic mass is 9.95. The predicted molar refractivity (Wildman–Crippen MR) is 132 cm³/mol. The topological polar surface area (TPSA) is 102 Å². The van der Waals surface area contributed by atoms with Crippen LogP contribution in [0.5, 0.6) is 5.75 Å². The SMILES string of the molecule is CCOC(=O)C1(c2ccc(NC(=O)C3CCCN(S(=O)(=O)c4ccc(OC)c(C)c4)C3)cc2)CC1. The number of rotatable bonds is 8. The second-order valence-electron chi connectivity index (χ2n) is 9.20. The highest BCUT2D eigenvalue weighted by Gasteiger charge is 2.52. The molecule has 9 heteroatoms. The molecule has 2 aromatic rings. The summed E-state index contributed by atoms with van der Waals surface area (Å²) >= 11 is 0. The number of anilines is 1. The van der Waals surface area contributed by atoms with Gasteiger partial charge in [0.25, 0.3) is 0 Å². The molecule has 2 fully saturated rings. The molecule has 35 heavy (non-hydrogen) atoms. The Bertz CT molecular complexity index is 1200. The summed E-state index contributed by atoms with van der Waals surface area (Å²) in [6.45, 7) is 4.45. The maximum Gasteiger partial charge on any atom is 0.316 e. The van der Waals surface area contributed by atoms with Gasteiger partial charge in [0.05, 0.1) is 29.9 Å². The van der Waals surface area contributed by atoms with E-state index in [2.05, 4.69) is 5.32 Å². The highest BCUT2D eigenvalue weighted by atomic mass is 32.2. The number of methoxy groups -OCH3 is 1. The largest absolute Gasteiger partial charge is 0.496 e. The average Bonchev–Trinajstić information content (AvgIpc) is 3.67. The Kier molecular flexibility index (Phi) is 7.19. The van der Waals surface area contributed by atoms with Crippen LogP contribution in [0.2, 0.25) is 0 Å². The van der Waals surface area contributed by atoms with E-state index in [1.165, 1.54) is 10.4 Å². The standard InChI is InChI=1S/C26H32N2O6S/c1-4-34-25(30)26(13-14-26)20-7-9-21(10-8-20)27-24(29)19-6-5-15-28(17-19)35(31,32)22-11-12-23(33-3)18(2)16-22/h7-12,16,19H,4-6,13-15,17H2,1-3H3,(H,27,29). The second kappa shape index (κ2) is 9.99. The molecule has 1 saturated heterocycles. The Balaban J connectivity index is 1.41. The van der Waals surface area contributed by atoms with Crippen LogP contribution in [0.3, 0.4) is 0 Å². The van der Waals surface area contributed by atoms with Crippen molar-refractivity contribution in [2.75, 3.05) is 32.1 Å². The minimum Gasteiger partial charge on any atom is -0.496 e. The van der Waals surface area contributed by atoms with Crippen molar-refractivity contribution >= 4 is 27.6 Å². The molecule has 1 unspecified atom stereocenters. The lowest BCUT2D eigenvalue weighted by Crippen LogP contribution is -2.43. The third-order valence-corrected chi connectivity index (χ3v) is 8.74. The Morgan fingerprint density at radius 3 is 2.46 bits per heavy atom. The van der Waals surface area contributed by atoms with Crippen molar-refractivity contribution in [3.8, 4) is 5.75 Å². The molecule has 0 spiro atoms. The maximum absolute atomic E-state index is 13.2. The number of benzene rings is 2. The number of piperidine rings is 1. The number of ether oxygens (including phenoxy) is 2. The summed E-state index contributed by atoms with van der Waals surface area (Å²) < 4.78 is 38.3. The summed E-state index contributed by atoms with van der Waals surface area (Å²) in [5.41, 5.74) is 1.68. The molecule has 1 aliphatic carbocycles. The molecular weight excluding hydrogens is 468 g/mol. The van der Waals surface area contributed by atoms with Gasteiger partial charge < -0.3 is 14.8 Å². The van der Waals surface area contributed by atoms with Crippen molar-refractivity contribution < 1.29 is 27.5 Å². The van der Waals surface area contributed by atoms with Gasteiger partial charge in [-0.3, -0.25) is 9.59 Å². The molecule has 8 nitrogen and oxygen atoms in total. The fourth-order valence-corrected chi connectivity index (χ4v) is 6.27. The van der Waals surface area contributed by atoms with Gasteiger partial charge in [-0.1, -0.05) is 12.1 Å². The number of esters is 1. The number of carbonyl (C=O) groups is 2. The molecule has 4 rings (SSSR count). The van der Waals surface area contributed by atoms with Crippen molar-refractivity contribution in [1.82, 2.24) is 4.31 Å². The van der Waals surface area contributed by atoms with Gasteiger partial charge in [0, 0.05) is 18.8 Å². The molecular formula is C26H32N2O6S. The van der Waals surface area contributed by atoms with Crippen molar-refractivity contribution in [3.05, 3.63) is 53.6 Å². The zero-order valence-corrected chi connectivity index (χ0v) is 21.2. The van der Waals surface area contributed by atoms with Crippen LogP contribution in [0.1, 0.15) is 43.7 Å². The summed E-state index contributed by atoms with van der Waals surface area (Å²) in [5.74, 6) is -0.241. The van der Waals surface area contributed by atoms with Gasteiger partial charge in [-0.25, -0.2) is 8.42 Å². The van der Waals surface area contributed by atoms with Crippen LogP contribution in [-0.4, -0.2) is 51.4 Å². The summed E-state index contributed by atoms with van der Waals surface area (Å²) in [5, 5.41) is 2.91. The predicted octanol–water partition coefficient (Wildman–Crippen LogP) is 3.64. The smallest absolute Gasteiger partial charge is 0.316 e. The minimum absolute atomic E-state index is 0.128. The molecule has 1 N–H and O–H groups in total. The van der Waals surface area contributed by atoms with Gasteiger partial charge in [-0.15, -0.1) is 0 Å². The van der Waals surface area contributed by atoms with Crippen LogP contribution in [0.4, 0.5) is 5.69 Å². The van der Waals surface area contributed by atoms with E-state index < -0.39 is 21.4 Å². The number of aryl methyl sites for hydroxylation is 1. The quantitative estimate of drug-likeness (QED) is 0.556. The van der Waals surface area contributed by atoms with E-state index in [0.29, 0.717) is 37.4 Å². The van der Waals surface area contributed by atoms with Gasteiger partial charge in [0.1, 0.15) is 5.75 Å². The molecule has 2 aromatic carbocycles. The average molecular weight is 501 g/mol. The Labute approximate surface area is 206 Å². The first-order valence-electron chi connectivity index (χ1n) is 11.9. The lowest BCUT2D eigenvalue weighted by Gasteiger charge is -2.31. The lowest BCUT2D eigenvalue weighted by molar-refractivity contribution is -0.146. The third kappa shape index (κ3) is 5.06. The van der Waals surface area contributed by atoms with E-state index in [9.17, 15) is 18.0 Å². The molecule has 0 aromatic heterocycles. The van der Waals surface area contributed by atoms with Gasteiger partial charge in [-0.05, 0) is 81.0 Å². The first-order valence-corrected chi connectivity index (χ1v) is 13.4. The fourth-order valence-electron chi connectivity index (χ4n) is 4.66. The summed E-state index contributed by atoms with van der Waals surface area (Å²) in [7, 11) is -2.18. The zero-order chi connectivity index (χ0) is 25.2. The molecule has 1 aliphatic heterocycles. The van der Waals surface area contributed by atoms with Crippen LogP contribution < -0.4 is 10.1 Å². The molecule has 1 saturated carbocycles. The van der Waals surface area contributed by atoms with Crippen molar-refractivity contribution in [2.24, 2.45) is 5.92 Å². The van der Waals surface area contributed by atoms with Crippen molar-refractivity contribution in [1.29, 1.82) is 0 Å².